The van der Waals surface area contributed by atoms with Crippen LogP contribution in [0, 0.1) is 5.92 Å². The summed E-state index contributed by atoms with van der Waals surface area (Å²) in [7, 11) is 0. The molecule has 0 aliphatic carbocycles. The molecule has 0 aliphatic heterocycles. The van der Waals surface area contributed by atoms with Gasteiger partial charge < -0.3 is 10.6 Å². The van der Waals surface area contributed by atoms with Crippen LogP contribution in [0.1, 0.15) is 13.8 Å². The van der Waals surface area contributed by atoms with Crippen LogP contribution in [0.15, 0.2) is 18.2 Å². The zero-order valence-corrected chi connectivity index (χ0v) is 11.7. The number of carbonyl (C=O) groups is 1. The van der Waals surface area contributed by atoms with E-state index in [1.54, 1.807) is 32.0 Å². The van der Waals surface area contributed by atoms with E-state index < -0.39 is 0 Å². The molecule has 0 aliphatic rings. The van der Waals surface area contributed by atoms with E-state index in [1.807, 2.05) is 0 Å². The Morgan fingerprint density at radius 2 is 1.82 bits per heavy atom. The lowest BCUT2D eigenvalue weighted by molar-refractivity contribution is -0.122. The van der Waals surface area contributed by atoms with Gasteiger partial charge in [0.25, 0.3) is 0 Å². The van der Waals surface area contributed by atoms with Gasteiger partial charge in [-0.05, 0) is 24.4 Å². The maximum Gasteiger partial charge on any atom is 0.228 e. The first-order chi connectivity index (χ1) is 7.91. The highest BCUT2D eigenvalue weighted by Crippen LogP contribution is 2.29. The number of halogens is 2. The molecule has 92 valence electrons. The summed E-state index contributed by atoms with van der Waals surface area (Å²) >= 11 is 16.9. The number of rotatable bonds is 2. The number of carbonyl (C=O) groups excluding carboxylic acids is 1. The first-order valence-electron chi connectivity index (χ1n) is 4.97. The highest BCUT2D eigenvalue weighted by atomic mass is 35.5. The van der Waals surface area contributed by atoms with Crippen molar-refractivity contribution in [3.8, 4) is 0 Å². The Balaban J connectivity index is 2.72. The molecule has 0 radical (unpaired) electrons. The molecule has 17 heavy (non-hydrogen) atoms. The molecule has 0 heterocycles. The van der Waals surface area contributed by atoms with Crippen molar-refractivity contribution in [2.24, 2.45) is 5.92 Å². The third kappa shape index (κ3) is 4.15. The molecule has 0 saturated carbocycles. The van der Waals surface area contributed by atoms with Gasteiger partial charge in [-0.3, -0.25) is 4.79 Å². The standard InChI is InChI=1S/C11H12Cl2N2OS/c1-6(2)10(16)15-11(17)14-9-7(12)4-3-5-8(9)13/h3-6H,1-2H3,(H2,14,15,16,17). The van der Waals surface area contributed by atoms with Crippen LogP contribution in [0.2, 0.25) is 10.0 Å². The van der Waals surface area contributed by atoms with Crippen LogP contribution in [-0.2, 0) is 4.79 Å². The third-order valence-corrected chi connectivity index (χ3v) is 2.80. The summed E-state index contributed by atoms with van der Waals surface area (Å²) in [5, 5.41) is 6.41. The van der Waals surface area contributed by atoms with E-state index in [4.69, 9.17) is 35.4 Å². The van der Waals surface area contributed by atoms with Gasteiger partial charge >= 0.3 is 0 Å². The predicted octanol–water partition coefficient (Wildman–Crippen LogP) is 3.46. The quantitative estimate of drug-likeness (QED) is 0.820. The van der Waals surface area contributed by atoms with Gasteiger partial charge in [-0.15, -0.1) is 0 Å². The molecule has 0 unspecified atom stereocenters. The number of benzene rings is 1. The molecule has 2 N–H and O–H groups in total. The van der Waals surface area contributed by atoms with E-state index in [-0.39, 0.29) is 16.9 Å². The number of amides is 1. The number of thiocarbonyl (C=S) groups is 1. The highest BCUT2D eigenvalue weighted by molar-refractivity contribution is 7.80. The number of hydrogen-bond donors (Lipinski definition) is 2. The molecule has 0 aromatic heterocycles. The van der Waals surface area contributed by atoms with E-state index in [9.17, 15) is 4.79 Å². The molecule has 0 fully saturated rings. The molecular weight excluding hydrogens is 279 g/mol. The van der Waals surface area contributed by atoms with Crippen LogP contribution in [-0.4, -0.2) is 11.0 Å². The van der Waals surface area contributed by atoms with Crippen molar-refractivity contribution in [3.63, 3.8) is 0 Å². The molecule has 0 spiro atoms. The lowest BCUT2D eigenvalue weighted by atomic mass is 10.2. The molecule has 1 rings (SSSR count). The predicted molar refractivity (Wildman–Crippen MR) is 75.7 cm³/mol. The van der Waals surface area contributed by atoms with Crippen molar-refractivity contribution in [1.29, 1.82) is 0 Å². The van der Waals surface area contributed by atoms with Crippen LogP contribution in [0.4, 0.5) is 5.69 Å². The first-order valence-corrected chi connectivity index (χ1v) is 6.14. The van der Waals surface area contributed by atoms with Gasteiger partial charge in [0, 0.05) is 5.92 Å². The first kappa shape index (κ1) is 14.2. The van der Waals surface area contributed by atoms with Crippen molar-refractivity contribution in [1.82, 2.24) is 5.32 Å². The normalized spacial score (nSPS) is 10.2. The fourth-order valence-corrected chi connectivity index (χ4v) is 1.71. The van der Waals surface area contributed by atoms with E-state index in [1.165, 1.54) is 0 Å². The van der Waals surface area contributed by atoms with Crippen molar-refractivity contribution in [2.75, 3.05) is 5.32 Å². The van der Waals surface area contributed by atoms with Gasteiger partial charge in [-0.2, -0.15) is 0 Å². The van der Waals surface area contributed by atoms with Crippen LogP contribution in [0.3, 0.4) is 0 Å². The summed E-state index contributed by atoms with van der Waals surface area (Å²) in [6.07, 6.45) is 0. The van der Waals surface area contributed by atoms with Gasteiger partial charge in [-0.1, -0.05) is 43.1 Å². The van der Waals surface area contributed by atoms with Crippen molar-refractivity contribution in [3.05, 3.63) is 28.2 Å². The van der Waals surface area contributed by atoms with Gasteiger partial charge in [0.1, 0.15) is 0 Å². The van der Waals surface area contributed by atoms with Crippen LogP contribution < -0.4 is 10.6 Å². The maximum atomic E-state index is 11.4. The maximum absolute atomic E-state index is 11.4. The van der Waals surface area contributed by atoms with Crippen LogP contribution in [0.5, 0.6) is 0 Å². The number of nitrogens with one attached hydrogen (secondary N) is 2. The topological polar surface area (TPSA) is 41.1 Å². The molecule has 3 nitrogen and oxygen atoms in total. The number of hydrogen-bond acceptors (Lipinski definition) is 2. The Morgan fingerprint density at radius 3 is 2.29 bits per heavy atom. The minimum absolute atomic E-state index is 0.142. The van der Waals surface area contributed by atoms with Gasteiger partial charge in [0.05, 0.1) is 15.7 Å². The van der Waals surface area contributed by atoms with E-state index in [0.717, 1.165) is 0 Å². The Morgan fingerprint density at radius 1 is 1.29 bits per heavy atom. The van der Waals surface area contributed by atoms with Gasteiger partial charge in [-0.25, -0.2) is 0 Å². The minimum atomic E-state index is -0.161. The lowest BCUT2D eigenvalue weighted by Gasteiger charge is -2.13. The SMILES string of the molecule is CC(C)C(=O)NC(=S)Nc1c(Cl)cccc1Cl. The average Bonchev–Trinajstić information content (AvgIpc) is 2.23. The second kappa shape index (κ2) is 6.19. The molecule has 1 aromatic rings. The summed E-state index contributed by atoms with van der Waals surface area (Å²) in [5.41, 5.74) is 0.491. The molecule has 6 heteroatoms. The fraction of sp³-hybridized carbons (Fsp3) is 0.273. The lowest BCUT2D eigenvalue weighted by Crippen LogP contribution is -2.36. The number of para-hydroxylation sites is 1. The summed E-state index contributed by atoms with van der Waals surface area (Å²) in [5.74, 6) is -0.304. The van der Waals surface area contributed by atoms with Crippen molar-refractivity contribution < 1.29 is 4.79 Å². The summed E-state index contributed by atoms with van der Waals surface area (Å²) in [6, 6.07) is 5.09. The zero-order chi connectivity index (χ0) is 13.0. The Hall–Kier alpha value is -0.840. The average molecular weight is 291 g/mol. The van der Waals surface area contributed by atoms with Crippen molar-refractivity contribution in [2.45, 2.75) is 13.8 Å². The highest BCUT2D eigenvalue weighted by Gasteiger charge is 2.11. The Labute approximate surface area is 115 Å². The zero-order valence-electron chi connectivity index (χ0n) is 9.38. The molecular formula is C11H12Cl2N2OS. The Kier molecular flexibility index (Phi) is 5.18. The molecule has 0 bridgehead atoms. The van der Waals surface area contributed by atoms with Crippen LogP contribution >= 0.6 is 35.4 Å². The monoisotopic (exact) mass is 290 g/mol. The third-order valence-electron chi connectivity index (χ3n) is 1.96. The molecule has 0 atom stereocenters. The second-order valence-electron chi connectivity index (χ2n) is 3.69. The van der Waals surface area contributed by atoms with Crippen LogP contribution in [0.25, 0.3) is 0 Å². The molecule has 1 aromatic carbocycles. The van der Waals surface area contributed by atoms with Gasteiger partial charge in [0.15, 0.2) is 5.11 Å². The van der Waals surface area contributed by atoms with E-state index in [2.05, 4.69) is 10.6 Å². The number of anilines is 1. The fourth-order valence-electron chi connectivity index (χ4n) is 1.02. The summed E-state index contributed by atoms with van der Waals surface area (Å²) < 4.78 is 0. The smallest absolute Gasteiger partial charge is 0.228 e. The summed E-state index contributed by atoms with van der Waals surface area (Å²) in [6.45, 7) is 3.56. The Bertz CT molecular complexity index is 429. The largest absolute Gasteiger partial charge is 0.330 e. The van der Waals surface area contributed by atoms with Crippen molar-refractivity contribution >= 4 is 52.1 Å². The molecule has 0 saturated heterocycles. The second-order valence-corrected chi connectivity index (χ2v) is 4.92. The van der Waals surface area contributed by atoms with Gasteiger partial charge in [0.2, 0.25) is 5.91 Å². The minimum Gasteiger partial charge on any atom is -0.330 e. The molecule has 1 amide bonds. The van der Waals surface area contributed by atoms with E-state index in [0.29, 0.717) is 15.7 Å². The summed E-state index contributed by atoms with van der Waals surface area (Å²) in [4.78, 5) is 11.4. The van der Waals surface area contributed by atoms with E-state index >= 15 is 0 Å².